The SMILES string of the molecule is CCc1ccc(OCC(=O)NC(=S)NNC(=O)c2ccc(NC(C)=O)cc2)cc1. The third kappa shape index (κ3) is 7.59. The van der Waals surface area contributed by atoms with Crippen molar-refractivity contribution < 1.29 is 19.1 Å². The van der Waals surface area contributed by atoms with Gasteiger partial charge in [0, 0.05) is 18.2 Å². The number of thiocarbonyl (C=S) groups is 1. The van der Waals surface area contributed by atoms with Gasteiger partial charge in [-0.2, -0.15) is 0 Å². The Morgan fingerprint density at radius 3 is 2.21 bits per heavy atom. The molecule has 0 saturated carbocycles. The van der Waals surface area contributed by atoms with E-state index in [4.69, 9.17) is 17.0 Å². The highest BCUT2D eigenvalue weighted by molar-refractivity contribution is 7.80. The van der Waals surface area contributed by atoms with Crippen LogP contribution in [-0.2, 0) is 16.0 Å². The molecule has 0 heterocycles. The number of carbonyl (C=O) groups excluding carboxylic acids is 3. The zero-order chi connectivity index (χ0) is 21.2. The Labute approximate surface area is 174 Å². The number of rotatable bonds is 6. The van der Waals surface area contributed by atoms with Crippen LogP contribution in [0.25, 0.3) is 0 Å². The van der Waals surface area contributed by atoms with Crippen molar-refractivity contribution in [2.45, 2.75) is 20.3 Å². The van der Waals surface area contributed by atoms with Gasteiger partial charge in [-0.05, 0) is 60.6 Å². The predicted molar refractivity (Wildman–Crippen MR) is 113 cm³/mol. The zero-order valence-electron chi connectivity index (χ0n) is 16.1. The van der Waals surface area contributed by atoms with Crippen LogP contribution in [0.5, 0.6) is 5.75 Å². The second-order valence-corrected chi connectivity index (χ2v) is 6.41. The molecule has 0 aliphatic rings. The van der Waals surface area contributed by atoms with Gasteiger partial charge in [-0.1, -0.05) is 19.1 Å². The smallest absolute Gasteiger partial charge is 0.269 e. The summed E-state index contributed by atoms with van der Waals surface area (Å²) in [7, 11) is 0. The second-order valence-electron chi connectivity index (χ2n) is 6.00. The van der Waals surface area contributed by atoms with E-state index in [1.165, 1.54) is 12.5 Å². The summed E-state index contributed by atoms with van der Waals surface area (Å²) in [5.41, 5.74) is 6.92. The minimum atomic E-state index is -0.462. The summed E-state index contributed by atoms with van der Waals surface area (Å²) in [4.78, 5) is 34.9. The Balaban J connectivity index is 1.73. The number of nitrogens with one attached hydrogen (secondary N) is 4. The predicted octanol–water partition coefficient (Wildman–Crippen LogP) is 1.92. The molecule has 8 nitrogen and oxygen atoms in total. The maximum atomic E-state index is 12.1. The van der Waals surface area contributed by atoms with Crippen LogP contribution in [0.2, 0.25) is 0 Å². The molecule has 0 radical (unpaired) electrons. The Morgan fingerprint density at radius 2 is 1.62 bits per heavy atom. The van der Waals surface area contributed by atoms with Crippen molar-refractivity contribution in [1.29, 1.82) is 0 Å². The highest BCUT2D eigenvalue weighted by atomic mass is 32.1. The number of amides is 3. The Morgan fingerprint density at radius 1 is 0.966 bits per heavy atom. The molecule has 3 amide bonds. The maximum Gasteiger partial charge on any atom is 0.269 e. The van der Waals surface area contributed by atoms with Crippen molar-refractivity contribution in [3.8, 4) is 5.75 Å². The normalized spacial score (nSPS) is 9.86. The number of benzene rings is 2. The second kappa shape index (κ2) is 10.8. The van der Waals surface area contributed by atoms with Gasteiger partial charge in [-0.25, -0.2) is 0 Å². The molecule has 0 spiro atoms. The maximum absolute atomic E-state index is 12.1. The number of hydrogen-bond donors (Lipinski definition) is 4. The van der Waals surface area contributed by atoms with Gasteiger partial charge in [0.1, 0.15) is 5.75 Å². The van der Waals surface area contributed by atoms with E-state index in [0.717, 1.165) is 6.42 Å². The molecule has 4 N–H and O–H groups in total. The molecule has 152 valence electrons. The fourth-order valence-corrected chi connectivity index (χ4v) is 2.42. The first-order valence-corrected chi connectivity index (χ1v) is 9.27. The fourth-order valence-electron chi connectivity index (χ4n) is 2.26. The summed E-state index contributed by atoms with van der Waals surface area (Å²) in [6, 6.07) is 13.7. The first-order chi connectivity index (χ1) is 13.9. The molecule has 0 bridgehead atoms. The highest BCUT2D eigenvalue weighted by Gasteiger charge is 2.09. The number of anilines is 1. The van der Waals surface area contributed by atoms with Crippen molar-refractivity contribution in [3.05, 3.63) is 59.7 Å². The molecule has 2 aromatic rings. The minimum Gasteiger partial charge on any atom is -0.484 e. The molecule has 0 unspecified atom stereocenters. The van der Waals surface area contributed by atoms with E-state index in [1.54, 1.807) is 36.4 Å². The molecule has 0 aromatic heterocycles. The monoisotopic (exact) mass is 414 g/mol. The first-order valence-electron chi connectivity index (χ1n) is 8.87. The van der Waals surface area contributed by atoms with Crippen LogP contribution in [0, 0.1) is 0 Å². The van der Waals surface area contributed by atoms with Crippen molar-refractivity contribution in [3.63, 3.8) is 0 Å². The lowest BCUT2D eigenvalue weighted by Gasteiger charge is -2.12. The van der Waals surface area contributed by atoms with Crippen LogP contribution in [0.4, 0.5) is 5.69 Å². The third-order valence-electron chi connectivity index (χ3n) is 3.71. The summed E-state index contributed by atoms with van der Waals surface area (Å²) in [5, 5.41) is 4.94. The van der Waals surface area contributed by atoms with Gasteiger partial charge in [0.15, 0.2) is 11.7 Å². The van der Waals surface area contributed by atoms with Crippen LogP contribution in [0.3, 0.4) is 0 Å². The van der Waals surface area contributed by atoms with Gasteiger partial charge < -0.3 is 10.1 Å². The summed E-state index contributed by atoms with van der Waals surface area (Å²) in [6.45, 7) is 3.23. The summed E-state index contributed by atoms with van der Waals surface area (Å²) >= 11 is 4.97. The van der Waals surface area contributed by atoms with Crippen molar-refractivity contribution >= 4 is 40.7 Å². The molecule has 2 aromatic carbocycles. The fraction of sp³-hybridized carbons (Fsp3) is 0.200. The topological polar surface area (TPSA) is 109 Å². The highest BCUT2D eigenvalue weighted by Crippen LogP contribution is 2.12. The van der Waals surface area contributed by atoms with E-state index in [1.807, 2.05) is 12.1 Å². The first kappa shape index (κ1) is 21.8. The van der Waals surface area contributed by atoms with Gasteiger partial charge >= 0.3 is 0 Å². The van der Waals surface area contributed by atoms with Crippen molar-refractivity contribution in [1.82, 2.24) is 16.2 Å². The van der Waals surface area contributed by atoms with Crippen LogP contribution in [0.15, 0.2) is 48.5 Å². The third-order valence-corrected chi connectivity index (χ3v) is 3.92. The molecule has 0 saturated heterocycles. The number of ether oxygens (including phenoxy) is 1. The lowest BCUT2D eigenvalue weighted by atomic mass is 10.2. The molecule has 0 aliphatic heterocycles. The van der Waals surface area contributed by atoms with E-state index in [0.29, 0.717) is 17.0 Å². The Bertz CT molecular complexity index is 882. The molecule has 2 rings (SSSR count). The molecule has 0 atom stereocenters. The average molecular weight is 414 g/mol. The van der Waals surface area contributed by atoms with E-state index in [9.17, 15) is 14.4 Å². The van der Waals surface area contributed by atoms with E-state index >= 15 is 0 Å². The molecular formula is C20H22N4O4S. The van der Waals surface area contributed by atoms with E-state index in [-0.39, 0.29) is 17.6 Å². The number of aryl methyl sites for hydroxylation is 1. The van der Waals surface area contributed by atoms with Crippen molar-refractivity contribution in [2.24, 2.45) is 0 Å². The van der Waals surface area contributed by atoms with Crippen LogP contribution >= 0.6 is 12.2 Å². The van der Waals surface area contributed by atoms with Gasteiger partial charge in [0.05, 0.1) is 0 Å². The number of hydrogen-bond acceptors (Lipinski definition) is 5. The van der Waals surface area contributed by atoms with Gasteiger partial charge in [0.25, 0.3) is 11.8 Å². The zero-order valence-corrected chi connectivity index (χ0v) is 16.9. The molecular weight excluding hydrogens is 392 g/mol. The summed E-state index contributed by atoms with van der Waals surface area (Å²) < 4.78 is 5.38. The molecule has 29 heavy (non-hydrogen) atoms. The average Bonchev–Trinajstić information content (AvgIpc) is 2.71. The van der Waals surface area contributed by atoms with E-state index < -0.39 is 11.8 Å². The minimum absolute atomic E-state index is 0.0665. The van der Waals surface area contributed by atoms with E-state index in [2.05, 4.69) is 28.4 Å². The lowest BCUT2D eigenvalue weighted by Crippen LogP contribution is -2.49. The Kier molecular flexibility index (Phi) is 8.11. The van der Waals surface area contributed by atoms with Crippen LogP contribution in [0.1, 0.15) is 29.8 Å². The quantitative estimate of drug-likeness (QED) is 0.425. The lowest BCUT2D eigenvalue weighted by molar-refractivity contribution is -0.121. The van der Waals surface area contributed by atoms with Crippen molar-refractivity contribution in [2.75, 3.05) is 11.9 Å². The van der Waals surface area contributed by atoms with Gasteiger partial charge in [-0.15, -0.1) is 0 Å². The van der Waals surface area contributed by atoms with Gasteiger partial charge in [0.2, 0.25) is 5.91 Å². The Hall–Kier alpha value is -3.46. The standard InChI is InChI=1S/C20H22N4O4S/c1-3-14-4-10-17(11-5-14)28-12-18(26)22-20(29)24-23-19(27)15-6-8-16(9-7-15)21-13(2)25/h4-11H,3,12H2,1-2H3,(H,21,25)(H,23,27)(H2,22,24,26,29). The van der Waals surface area contributed by atoms with Crippen LogP contribution in [-0.4, -0.2) is 29.4 Å². The molecule has 0 fully saturated rings. The summed E-state index contributed by atoms with van der Waals surface area (Å²) in [6.07, 6.45) is 0.922. The molecule has 9 heteroatoms. The number of hydrazine groups is 1. The van der Waals surface area contributed by atoms with Gasteiger partial charge in [-0.3, -0.25) is 30.6 Å². The number of carbonyl (C=O) groups is 3. The molecule has 0 aliphatic carbocycles. The van der Waals surface area contributed by atoms with Crippen LogP contribution < -0.4 is 26.2 Å². The summed E-state index contributed by atoms with van der Waals surface area (Å²) in [5.74, 6) is -0.543. The largest absolute Gasteiger partial charge is 0.484 e.